The van der Waals surface area contributed by atoms with E-state index in [4.69, 9.17) is 9.47 Å². The van der Waals surface area contributed by atoms with Crippen LogP contribution in [0.4, 0.5) is 5.69 Å². The number of ether oxygens (including phenoxy) is 2. The molecule has 1 aliphatic rings. The van der Waals surface area contributed by atoms with E-state index in [0.29, 0.717) is 18.7 Å². The predicted octanol–water partition coefficient (Wildman–Crippen LogP) is 3.40. The number of amides is 2. The number of likely N-dealkylation sites (tertiary alicyclic amines) is 1. The van der Waals surface area contributed by atoms with Crippen LogP contribution in [0.5, 0.6) is 11.5 Å². The van der Waals surface area contributed by atoms with Gasteiger partial charge in [0.25, 0.3) is 17.5 Å². The van der Waals surface area contributed by atoms with Gasteiger partial charge >= 0.3 is 0 Å². The van der Waals surface area contributed by atoms with E-state index >= 15 is 0 Å². The normalized spacial score (nSPS) is 13.9. The molecule has 9 nitrogen and oxygen atoms in total. The summed E-state index contributed by atoms with van der Waals surface area (Å²) in [6.07, 6.45) is 4.07. The lowest BCUT2D eigenvalue weighted by molar-refractivity contribution is -0.385. The highest BCUT2D eigenvalue weighted by Crippen LogP contribution is 2.35. The number of hydrogen-bond acceptors (Lipinski definition) is 6. The van der Waals surface area contributed by atoms with Crippen molar-refractivity contribution < 1.29 is 24.0 Å². The molecule has 9 heteroatoms. The fourth-order valence-corrected chi connectivity index (χ4v) is 3.52. The summed E-state index contributed by atoms with van der Waals surface area (Å²) in [5.74, 6) is -0.416. The van der Waals surface area contributed by atoms with Gasteiger partial charge in [0, 0.05) is 18.7 Å². The lowest BCUT2D eigenvalue weighted by atomic mass is 10.1. The molecular weight excluding hydrogens is 414 g/mol. The number of hydrogen-bond donors (Lipinski definition) is 1. The molecule has 0 bridgehead atoms. The maximum atomic E-state index is 13.2. The van der Waals surface area contributed by atoms with E-state index in [9.17, 15) is 19.7 Å². The Morgan fingerprint density at radius 1 is 1.03 bits per heavy atom. The first kappa shape index (κ1) is 22.8. The van der Waals surface area contributed by atoms with Gasteiger partial charge in [-0.2, -0.15) is 0 Å². The third-order valence-corrected chi connectivity index (χ3v) is 5.19. The lowest BCUT2D eigenvalue weighted by Gasteiger charge is -2.27. The lowest BCUT2D eigenvalue weighted by Crippen LogP contribution is -2.41. The molecule has 0 unspecified atom stereocenters. The first-order chi connectivity index (χ1) is 15.4. The molecule has 1 saturated heterocycles. The van der Waals surface area contributed by atoms with Crippen LogP contribution in [0, 0.1) is 10.1 Å². The summed E-state index contributed by atoms with van der Waals surface area (Å²) >= 11 is 0. The Morgan fingerprint density at radius 3 is 2.25 bits per heavy atom. The van der Waals surface area contributed by atoms with Crippen molar-refractivity contribution in [1.82, 2.24) is 10.2 Å². The van der Waals surface area contributed by atoms with Crippen molar-refractivity contribution in [3.63, 3.8) is 0 Å². The van der Waals surface area contributed by atoms with Crippen molar-refractivity contribution in [2.75, 3.05) is 27.3 Å². The maximum absolute atomic E-state index is 13.2. The number of rotatable bonds is 7. The van der Waals surface area contributed by atoms with Crippen molar-refractivity contribution in [1.29, 1.82) is 0 Å². The quantitative estimate of drug-likeness (QED) is 0.402. The number of nitro benzene ring substituents is 1. The number of carbonyl (C=O) groups is 2. The molecule has 0 radical (unpaired) electrons. The number of carbonyl (C=O) groups excluding carboxylic acids is 2. The van der Waals surface area contributed by atoms with Gasteiger partial charge in [0.15, 0.2) is 11.5 Å². The van der Waals surface area contributed by atoms with Crippen LogP contribution in [0.25, 0.3) is 6.08 Å². The van der Waals surface area contributed by atoms with E-state index in [1.165, 1.54) is 32.4 Å². The van der Waals surface area contributed by atoms with Crippen LogP contribution in [0.3, 0.4) is 0 Å². The molecule has 32 heavy (non-hydrogen) atoms. The van der Waals surface area contributed by atoms with Crippen LogP contribution in [-0.4, -0.2) is 48.9 Å². The Morgan fingerprint density at radius 2 is 1.66 bits per heavy atom. The average Bonchev–Trinajstić information content (AvgIpc) is 2.83. The molecule has 1 aliphatic heterocycles. The van der Waals surface area contributed by atoms with Crippen LogP contribution in [0.15, 0.2) is 48.2 Å². The molecule has 2 aromatic carbocycles. The number of nitrogens with zero attached hydrogens (tertiary/aromatic N) is 2. The summed E-state index contributed by atoms with van der Waals surface area (Å²) < 4.78 is 10.4. The Hall–Kier alpha value is -3.88. The average molecular weight is 439 g/mol. The number of benzene rings is 2. The fraction of sp³-hybridized carbons (Fsp3) is 0.304. The summed E-state index contributed by atoms with van der Waals surface area (Å²) in [6, 6.07) is 11.1. The van der Waals surface area contributed by atoms with Crippen molar-refractivity contribution >= 4 is 23.6 Å². The topological polar surface area (TPSA) is 111 Å². The van der Waals surface area contributed by atoms with Gasteiger partial charge in [-0.1, -0.05) is 18.2 Å². The van der Waals surface area contributed by atoms with Gasteiger partial charge in [0.1, 0.15) is 5.70 Å². The number of nitrogens with one attached hydrogen (secondary N) is 1. The molecule has 2 amide bonds. The monoisotopic (exact) mass is 439 g/mol. The second-order valence-corrected chi connectivity index (χ2v) is 7.25. The fourth-order valence-electron chi connectivity index (χ4n) is 3.52. The summed E-state index contributed by atoms with van der Waals surface area (Å²) in [5.41, 5.74) is 0.157. The first-order valence-electron chi connectivity index (χ1n) is 10.2. The molecule has 0 aliphatic carbocycles. The molecule has 1 N–H and O–H groups in total. The third-order valence-electron chi connectivity index (χ3n) is 5.19. The molecule has 168 valence electrons. The predicted molar refractivity (Wildman–Crippen MR) is 119 cm³/mol. The van der Waals surface area contributed by atoms with Gasteiger partial charge in [-0.15, -0.1) is 0 Å². The highest BCUT2D eigenvalue weighted by molar-refractivity contribution is 6.05. The van der Waals surface area contributed by atoms with Crippen molar-refractivity contribution in [3.05, 3.63) is 69.4 Å². The van der Waals surface area contributed by atoms with Gasteiger partial charge in [0.05, 0.1) is 30.8 Å². The smallest absolute Gasteiger partial charge is 0.280 e. The first-order valence-corrected chi connectivity index (χ1v) is 10.2. The zero-order chi connectivity index (χ0) is 23.1. The zero-order valence-electron chi connectivity index (χ0n) is 18.0. The van der Waals surface area contributed by atoms with Gasteiger partial charge in [-0.3, -0.25) is 19.7 Å². The zero-order valence-corrected chi connectivity index (χ0v) is 18.0. The van der Waals surface area contributed by atoms with Crippen molar-refractivity contribution in [3.8, 4) is 11.5 Å². The minimum absolute atomic E-state index is 0.0453. The molecule has 1 heterocycles. The summed E-state index contributed by atoms with van der Waals surface area (Å²) in [6.45, 7) is 1.12. The standard InChI is InChI=1S/C23H25N3O6/c1-31-20-14-17(19(26(29)30)15-21(20)32-2)13-18(23(28)25-11-7-4-8-12-25)24-22(27)16-9-5-3-6-10-16/h3,5-6,9-10,13-15H,4,7-8,11-12H2,1-2H3,(H,24,27)/b18-13+. The molecule has 1 fully saturated rings. The Bertz CT molecular complexity index is 1030. The highest BCUT2D eigenvalue weighted by Gasteiger charge is 2.25. The Labute approximate surface area is 185 Å². The van der Waals surface area contributed by atoms with Crippen LogP contribution in [-0.2, 0) is 4.79 Å². The Kier molecular flexibility index (Phi) is 7.43. The van der Waals surface area contributed by atoms with E-state index in [2.05, 4.69) is 5.32 Å². The van der Waals surface area contributed by atoms with Gasteiger partial charge in [-0.25, -0.2) is 0 Å². The minimum Gasteiger partial charge on any atom is -0.493 e. The molecule has 2 aromatic rings. The number of methoxy groups -OCH3 is 2. The SMILES string of the molecule is COc1cc(/C=C(/NC(=O)c2ccccc2)C(=O)N2CCCCC2)c([N+](=O)[O-])cc1OC. The van der Waals surface area contributed by atoms with E-state index in [1.807, 2.05) is 0 Å². The summed E-state index contributed by atoms with van der Waals surface area (Å²) in [7, 11) is 2.79. The second kappa shape index (κ2) is 10.4. The van der Waals surface area contributed by atoms with E-state index in [1.54, 1.807) is 35.2 Å². The Balaban J connectivity index is 2.06. The summed E-state index contributed by atoms with van der Waals surface area (Å²) in [5, 5.41) is 14.3. The largest absolute Gasteiger partial charge is 0.493 e. The second-order valence-electron chi connectivity index (χ2n) is 7.25. The molecule has 0 atom stereocenters. The van der Waals surface area contributed by atoms with Crippen LogP contribution in [0.2, 0.25) is 0 Å². The number of piperidine rings is 1. The van der Waals surface area contributed by atoms with Crippen molar-refractivity contribution in [2.24, 2.45) is 0 Å². The molecule has 0 spiro atoms. The van der Waals surface area contributed by atoms with Crippen LogP contribution >= 0.6 is 0 Å². The highest BCUT2D eigenvalue weighted by atomic mass is 16.6. The minimum atomic E-state index is -0.574. The van der Waals surface area contributed by atoms with E-state index in [0.717, 1.165) is 19.3 Å². The van der Waals surface area contributed by atoms with Gasteiger partial charge in [0.2, 0.25) is 0 Å². The van der Waals surface area contributed by atoms with Crippen LogP contribution < -0.4 is 14.8 Å². The summed E-state index contributed by atoms with van der Waals surface area (Å²) in [4.78, 5) is 38.8. The van der Waals surface area contributed by atoms with E-state index < -0.39 is 16.7 Å². The van der Waals surface area contributed by atoms with E-state index in [-0.39, 0.29) is 28.4 Å². The number of nitro groups is 1. The van der Waals surface area contributed by atoms with Gasteiger partial charge < -0.3 is 19.7 Å². The molecule has 0 aromatic heterocycles. The van der Waals surface area contributed by atoms with Crippen LogP contribution in [0.1, 0.15) is 35.2 Å². The third kappa shape index (κ3) is 5.23. The van der Waals surface area contributed by atoms with Gasteiger partial charge in [-0.05, 0) is 43.5 Å². The molecule has 0 saturated carbocycles. The maximum Gasteiger partial charge on any atom is 0.280 e. The molecular formula is C23H25N3O6. The van der Waals surface area contributed by atoms with Crippen molar-refractivity contribution in [2.45, 2.75) is 19.3 Å². The molecule has 3 rings (SSSR count).